The maximum atomic E-state index is 12.8. The highest BCUT2D eigenvalue weighted by atomic mass is 16.4. The molecule has 0 aromatic carbocycles. The Kier molecular flexibility index (Phi) is 10.6. The number of aliphatic hydroxyl groups excluding tert-OH is 1. The van der Waals surface area contributed by atoms with Gasteiger partial charge in [-0.3, -0.25) is 24.0 Å². The van der Waals surface area contributed by atoms with Crippen LogP contribution >= 0.6 is 0 Å². The van der Waals surface area contributed by atoms with Gasteiger partial charge in [0.1, 0.15) is 18.1 Å². The van der Waals surface area contributed by atoms with E-state index in [1.807, 2.05) is 5.32 Å². The summed E-state index contributed by atoms with van der Waals surface area (Å²) in [7, 11) is 0. The van der Waals surface area contributed by atoms with Crippen LogP contribution in [0.3, 0.4) is 0 Å². The van der Waals surface area contributed by atoms with E-state index in [0.29, 0.717) is 5.69 Å². The van der Waals surface area contributed by atoms with Crippen LogP contribution in [0.2, 0.25) is 0 Å². The summed E-state index contributed by atoms with van der Waals surface area (Å²) in [6.07, 6.45) is -0.789. The minimum Gasteiger partial charge on any atom is -0.481 e. The van der Waals surface area contributed by atoms with E-state index < -0.39 is 78.7 Å². The molecule has 188 valence electrons. The molecular formula is C18H26N6O10. The molecule has 10 N–H and O–H groups in total. The summed E-state index contributed by atoms with van der Waals surface area (Å²) in [6, 6.07) is -6.46. The van der Waals surface area contributed by atoms with Crippen LogP contribution in [-0.2, 0) is 35.2 Å². The lowest BCUT2D eigenvalue weighted by molar-refractivity contribution is -0.148. The van der Waals surface area contributed by atoms with Gasteiger partial charge in [-0.25, -0.2) is 9.78 Å². The summed E-state index contributed by atoms with van der Waals surface area (Å²) < 4.78 is 0. The quantitative estimate of drug-likeness (QED) is 0.122. The molecule has 34 heavy (non-hydrogen) atoms. The summed E-state index contributed by atoms with van der Waals surface area (Å²) in [5.74, 6) is -7.68. The number of rotatable bonds is 14. The van der Waals surface area contributed by atoms with Crippen molar-refractivity contribution in [2.24, 2.45) is 5.73 Å². The molecule has 0 aliphatic heterocycles. The Morgan fingerprint density at radius 2 is 1.53 bits per heavy atom. The van der Waals surface area contributed by atoms with Crippen LogP contribution in [-0.4, -0.2) is 96.3 Å². The topological polar surface area (TPSA) is 274 Å². The summed E-state index contributed by atoms with van der Waals surface area (Å²) in [4.78, 5) is 76.8. The summed E-state index contributed by atoms with van der Waals surface area (Å²) in [5.41, 5.74) is 5.88. The van der Waals surface area contributed by atoms with Crippen LogP contribution in [0.15, 0.2) is 12.5 Å². The zero-order chi connectivity index (χ0) is 26.0. The van der Waals surface area contributed by atoms with Crippen molar-refractivity contribution < 1.29 is 49.2 Å². The van der Waals surface area contributed by atoms with Gasteiger partial charge in [0.15, 0.2) is 0 Å². The molecule has 1 heterocycles. The molecule has 1 rings (SSSR count). The smallest absolute Gasteiger partial charge is 0.326 e. The monoisotopic (exact) mass is 486 g/mol. The van der Waals surface area contributed by atoms with E-state index in [1.165, 1.54) is 12.5 Å². The third-order valence-corrected chi connectivity index (χ3v) is 4.40. The van der Waals surface area contributed by atoms with E-state index in [9.17, 15) is 33.9 Å². The van der Waals surface area contributed by atoms with Gasteiger partial charge in [-0.1, -0.05) is 0 Å². The molecule has 0 saturated carbocycles. The fraction of sp³-hybridized carbons (Fsp3) is 0.500. The van der Waals surface area contributed by atoms with Gasteiger partial charge in [0, 0.05) is 18.3 Å². The predicted molar refractivity (Wildman–Crippen MR) is 110 cm³/mol. The standard InChI is InChI=1S/C18H26N6O10/c1-7(25)14(17(32)23-11(18(33)34)4-13(28)29)24-16(31)10(2-8-5-20-6-21-8)22-15(30)9(19)3-12(26)27/h5-7,9-11,14,25H,2-4,19H2,1H3,(H,20,21)(H,22,30)(H,23,32)(H,24,31)(H,26,27)(H,28,29)(H,33,34). The number of aliphatic hydroxyl groups is 1. The van der Waals surface area contributed by atoms with E-state index >= 15 is 0 Å². The van der Waals surface area contributed by atoms with Gasteiger partial charge in [0.25, 0.3) is 0 Å². The van der Waals surface area contributed by atoms with Crippen molar-refractivity contribution in [1.29, 1.82) is 0 Å². The number of hydrogen-bond acceptors (Lipinski definition) is 9. The van der Waals surface area contributed by atoms with E-state index in [2.05, 4.69) is 20.6 Å². The number of H-pyrrole nitrogens is 1. The number of amides is 3. The van der Waals surface area contributed by atoms with Crippen molar-refractivity contribution in [2.75, 3.05) is 0 Å². The highest BCUT2D eigenvalue weighted by molar-refractivity contribution is 5.95. The normalized spacial score (nSPS) is 15.1. The summed E-state index contributed by atoms with van der Waals surface area (Å²) in [5, 5.41) is 42.9. The maximum absolute atomic E-state index is 12.8. The number of carboxylic acid groups (broad SMARTS) is 3. The van der Waals surface area contributed by atoms with Crippen molar-refractivity contribution in [3.05, 3.63) is 18.2 Å². The molecule has 5 unspecified atom stereocenters. The molecule has 16 heteroatoms. The Labute approximate surface area is 191 Å². The number of nitrogens with two attached hydrogens (primary N) is 1. The zero-order valence-electron chi connectivity index (χ0n) is 17.9. The minimum atomic E-state index is -1.84. The number of carbonyl (C=O) groups excluding carboxylic acids is 3. The van der Waals surface area contributed by atoms with Crippen molar-refractivity contribution in [3.63, 3.8) is 0 Å². The summed E-state index contributed by atoms with van der Waals surface area (Å²) in [6.45, 7) is 1.11. The first-order valence-electron chi connectivity index (χ1n) is 9.80. The Hall–Kier alpha value is -4.05. The van der Waals surface area contributed by atoms with Crippen molar-refractivity contribution >= 4 is 35.6 Å². The molecule has 3 amide bonds. The molecule has 1 aromatic heterocycles. The van der Waals surface area contributed by atoms with E-state index in [1.54, 1.807) is 0 Å². The second-order valence-electron chi connectivity index (χ2n) is 7.27. The number of hydrogen-bond donors (Lipinski definition) is 9. The van der Waals surface area contributed by atoms with Gasteiger partial charge in [-0.15, -0.1) is 0 Å². The first-order valence-corrected chi connectivity index (χ1v) is 9.80. The highest BCUT2D eigenvalue weighted by Gasteiger charge is 2.33. The molecule has 0 aliphatic rings. The van der Waals surface area contributed by atoms with Gasteiger partial charge >= 0.3 is 17.9 Å². The molecule has 0 radical (unpaired) electrons. The SMILES string of the molecule is CC(O)C(NC(=O)C(Cc1cnc[nH]1)NC(=O)C(N)CC(=O)O)C(=O)NC(CC(=O)O)C(=O)O. The fourth-order valence-electron chi connectivity index (χ4n) is 2.68. The number of aromatic nitrogens is 2. The van der Waals surface area contributed by atoms with Crippen molar-refractivity contribution in [3.8, 4) is 0 Å². The van der Waals surface area contributed by atoms with Crippen LogP contribution in [0, 0.1) is 0 Å². The lowest BCUT2D eigenvalue weighted by Gasteiger charge is -2.26. The number of aromatic amines is 1. The molecule has 0 spiro atoms. The number of aliphatic carboxylic acids is 3. The zero-order valence-corrected chi connectivity index (χ0v) is 17.9. The van der Waals surface area contributed by atoms with Crippen LogP contribution in [0.1, 0.15) is 25.5 Å². The lowest BCUT2D eigenvalue weighted by atomic mass is 10.1. The average Bonchev–Trinajstić information content (AvgIpc) is 3.22. The third-order valence-electron chi connectivity index (χ3n) is 4.40. The molecule has 0 aliphatic carbocycles. The Balaban J connectivity index is 3.03. The van der Waals surface area contributed by atoms with Crippen LogP contribution in [0.4, 0.5) is 0 Å². The second-order valence-corrected chi connectivity index (χ2v) is 7.27. The van der Waals surface area contributed by atoms with Gasteiger partial charge in [0.2, 0.25) is 17.7 Å². The van der Waals surface area contributed by atoms with E-state index in [-0.39, 0.29) is 6.42 Å². The fourth-order valence-corrected chi connectivity index (χ4v) is 2.68. The molecular weight excluding hydrogens is 460 g/mol. The molecule has 5 atom stereocenters. The first-order chi connectivity index (χ1) is 15.8. The Morgan fingerprint density at radius 3 is 2.00 bits per heavy atom. The maximum Gasteiger partial charge on any atom is 0.326 e. The van der Waals surface area contributed by atoms with Gasteiger partial charge in [-0.2, -0.15) is 0 Å². The Bertz CT molecular complexity index is 903. The lowest BCUT2D eigenvalue weighted by Crippen LogP contribution is -2.60. The number of carbonyl (C=O) groups is 6. The molecule has 16 nitrogen and oxygen atoms in total. The largest absolute Gasteiger partial charge is 0.481 e. The highest BCUT2D eigenvalue weighted by Crippen LogP contribution is 2.04. The second kappa shape index (κ2) is 12.9. The number of carboxylic acids is 3. The van der Waals surface area contributed by atoms with Crippen LogP contribution in [0.25, 0.3) is 0 Å². The molecule has 0 saturated heterocycles. The van der Waals surface area contributed by atoms with Gasteiger partial charge in [-0.05, 0) is 6.92 Å². The number of nitrogens with one attached hydrogen (secondary N) is 4. The van der Waals surface area contributed by atoms with Gasteiger partial charge in [0.05, 0.1) is 31.3 Å². The third kappa shape index (κ3) is 9.21. The summed E-state index contributed by atoms with van der Waals surface area (Å²) >= 11 is 0. The molecule has 0 bridgehead atoms. The van der Waals surface area contributed by atoms with Crippen LogP contribution < -0.4 is 21.7 Å². The minimum absolute atomic E-state index is 0.192. The van der Waals surface area contributed by atoms with Crippen molar-refractivity contribution in [2.45, 2.75) is 56.5 Å². The van der Waals surface area contributed by atoms with E-state index in [0.717, 1.165) is 6.92 Å². The molecule has 0 fully saturated rings. The van der Waals surface area contributed by atoms with Crippen LogP contribution in [0.5, 0.6) is 0 Å². The predicted octanol–water partition coefficient (Wildman–Crippen LogP) is -3.85. The first kappa shape index (κ1) is 28.0. The average molecular weight is 486 g/mol. The Morgan fingerprint density at radius 1 is 0.941 bits per heavy atom. The number of imidazole rings is 1. The van der Waals surface area contributed by atoms with Crippen molar-refractivity contribution in [1.82, 2.24) is 25.9 Å². The molecule has 1 aromatic rings. The number of nitrogens with zero attached hydrogens (tertiary/aromatic N) is 1. The van der Waals surface area contributed by atoms with E-state index in [4.69, 9.17) is 21.1 Å². The van der Waals surface area contributed by atoms with Gasteiger partial charge < -0.3 is 47.1 Å².